The molecule has 19 heavy (non-hydrogen) atoms. The van der Waals surface area contributed by atoms with Gasteiger partial charge in [-0.1, -0.05) is 0 Å². The van der Waals surface area contributed by atoms with E-state index in [9.17, 15) is 4.79 Å². The fraction of sp³-hybridized carbons (Fsp3) is 0.667. The predicted molar refractivity (Wildman–Crippen MR) is 73.1 cm³/mol. The van der Waals surface area contributed by atoms with E-state index in [2.05, 4.69) is 10.2 Å². The highest BCUT2D eigenvalue weighted by Crippen LogP contribution is 2.26. The van der Waals surface area contributed by atoms with Crippen molar-refractivity contribution < 1.29 is 9.21 Å². The Morgan fingerprint density at radius 1 is 1.37 bits per heavy atom. The first-order valence-corrected chi connectivity index (χ1v) is 7.35. The van der Waals surface area contributed by atoms with Crippen LogP contribution in [0.1, 0.15) is 48.2 Å². The van der Waals surface area contributed by atoms with Gasteiger partial charge in [-0.05, 0) is 51.6 Å². The van der Waals surface area contributed by atoms with Crippen LogP contribution < -0.4 is 5.32 Å². The van der Waals surface area contributed by atoms with Crippen LogP contribution in [0.15, 0.2) is 16.7 Å². The zero-order valence-electron chi connectivity index (χ0n) is 11.5. The molecule has 2 aliphatic heterocycles. The minimum atomic E-state index is 0.134. The zero-order chi connectivity index (χ0) is 13.2. The molecule has 0 spiro atoms. The smallest absolute Gasteiger partial charge is 0.257 e. The van der Waals surface area contributed by atoms with E-state index < -0.39 is 0 Å². The standard InChI is InChI=1S/C15H22N2O2/c1-11-9-12(10-19-11)15(18)17-8-3-2-6-14(17)13-5-4-7-16-13/h9-10,13-14,16H,2-8H2,1H3. The van der Waals surface area contributed by atoms with Crippen LogP contribution >= 0.6 is 0 Å². The lowest BCUT2D eigenvalue weighted by molar-refractivity contribution is 0.0563. The second-order valence-electron chi connectivity index (χ2n) is 5.71. The number of hydrogen-bond acceptors (Lipinski definition) is 3. The molecule has 1 amide bonds. The van der Waals surface area contributed by atoms with E-state index in [4.69, 9.17) is 4.42 Å². The normalized spacial score (nSPS) is 27.7. The number of nitrogens with zero attached hydrogens (tertiary/aromatic N) is 1. The summed E-state index contributed by atoms with van der Waals surface area (Å²) in [5.41, 5.74) is 0.697. The monoisotopic (exact) mass is 262 g/mol. The largest absolute Gasteiger partial charge is 0.469 e. The Morgan fingerprint density at radius 2 is 2.26 bits per heavy atom. The first kappa shape index (κ1) is 12.7. The third kappa shape index (κ3) is 2.54. The lowest BCUT2D eigenvalue weighted by Crippen LogP contribution is -2.52. The Kier molecular flexibility index (Phi) is 3.60. The third-order valence-electron chi connectivity index (χ3n) is 4.35. The Balaban J connectivity index is 1.77. The van der Waals surface area contributed by atoms with Gasteiger partial charge in [0.05, 0.1) is 5.56 Å². The molecular formula is C15H22N2O2. The highest BCUT2D eigenvalue weighted by atomic mass is 16.3. The minimum absolute atomic E-state index is 0.134. The van der Waals surface area contributed by atoms with Crippen LogP contribution in [0.5, 0.6) is 0 Å². The molecule has 3 rings (SSSR count). The SMILES string of the molecule is Cc1cc(C(=O)N2CCCCC2C2CCCN2)co1. The average Bonchev–Trinajstić information content (AvgIpc) is 3.09. The van der Waals surface area contributed by atoms with Gasteiger partial charge < -0.3 is 14.6 Å². The number of piperidine rings is 1. The molecule has 2 aliphatic rings. The van der Waals surface area contributed by atoms with Crippen molar-refractivity contribution in [2.45, 2.75) is 51.1 Å². The molecule has 1 aromatic heterocycles. The summed E-state index contributed by atoms with van der Waals surface area (Å²) in [5, 5.41) is 3.55. The molecule has 0 radical (unpaired) electrons. The second-order valence-corrected chi connectivity index (χ2v) is 5.71. The van der Waals surface area contributed by atoms with Gasteiger partial charge in [0, 0.05) is 18.6 Å². The van der Waals surface area contributed by atoms with Gasteiger partial charge in [-0.2, -0.15) is 0 Å². The first-order valence-electron chi connectivity index (χ1n) is 7.35. The van der Waals surface area contributed by atoms with Crippen molar-refractivity contribution in [1.29, 1.82) is 0 Å². The van der Waals surface area contributed by atoms with Crippen molar-refractivity contribution in [3.8, 4) is 0 Å². The lowest BCUT2D eigenvalue weighted by atomic mass is 9.94. The summed E-state index contributed by atoms with van der Waals surface area (Å²) in [7, 11) is 0. The molecule has 1 N–H and O–H groups in total. The van der Waals surface area contributed by atoms with Crippen LogP contribution in [-0.4, -0.2) is 36.0 Å². The molecule has 1 aromatic rings. The molecule has 4 nitrogen and oxygen atoms in total. The van der Waals surface area contributed by atoms with Gasteiger partial charge in [0.1, 0.15) is 12.0 Å². The van der Waals surface area contributed by atoms with Crippen LogP contribution in [0.25, 0.3) is 0 Å². The van der Waals surface area contributed by atoms with E-state index in [1.165, 1.54) is 19.3 Å². The Morgan fingerprint density at radius 3 is 2.95 bits per heavy atom. The topological polar surface area (TPSA) is 45.5 Å². The van der Waals surface area contributed by atoms with E-state index in [1.807, 2.05) is 13.0 Å². The van der Waals surface area contributed by atoms with Gasteiger partial charge >= 0.3 is 0 Å². The van der Waals surface area contributed by atoms with Crippen molar-refractivity contribution in [2.75, 3.05) is 13.1 Å². The number of rotatable bonds is 2. The van der Waals surface area contributed by atoms with Crippen molar-refractivity contribution in [3.05, 3.63) is 23.7 Å². The molecule has 3 heterocycles. The van der Waals surface area contributed by atoms with E-state index in [-0.39, 0.29) is 5.91 Å². The number of furan rings is 1. The molecular weight excluding hydrogens is 240 g/mol. The maximum absolute atomic E-state index is 12.6. The second kappa shape index (κ2) is 5.37. The van der Waals surface area contributed by atoms with Crippen LogP contribution in [-0.2, 0) is 0 Å². The molecule has 2 unspecified atom stereocenters. The van der Waals surface area contributed by atoms with Gasteiger partial charge in [0.15, 0.2) is 0 Å². The Bertz CT molecular complexity index is 449. The number of hydrogen-bond donors (Lipinski definition) is 1. The first-order chi connectivity index (χ1) is 9.25. The molecule has 4 heteroatoms. The average molecular weight is 262 g/mol. The van der Waals surface area contributed by atoms with Crippen molar-refractivity contribution in [2.24, 2.45) is 0 Å². The highest BCUT2D eigenvalue weighted by molar-refractivity contribution is 5.94. The summed E-state index contributed by atoms with van der Waals surface area (Å²) in [4.78, 5) is 14.7. The molecule has 0 aromatic carbocycles. The van der Waals surface area contributed by atoms with Gasteiger partial charge in [-0.25, -0.2) is 0 Å². The number of carbonyl (C=O) groups is 1. The summed E-state index contributed by atoms with van der Waals surface area (Å²) < 4.78 is 5.27. The van der Waals surface area contributed by atoms with Crippen LogP contribution in [0.2, 0.25) is 0 Å². The number of aryl methyl sites for hydroxylation is 1. The summed E-state index contributed by atoms with van der Waals surface area (Å²) >= 11 is 0. The molecule has 2 fully saturated rings. The number of amides is 1. The maximum atomic E-state index is 12.6. The molecule has 2 saturated heterocycles. The van der Waals surface area contributed by atoms with E-state index in [0.717, 1.165) is 31.7 Å². The van der Waals surface area contributed by atoms with Crippen LogP contribution in [0.3, 0.4) is 0 Å². The molecule has 0 saturated carbocycles. The molecule has 2 atom stereocenters. The van der Waals surface area contributed by atoms with Gasteiger partial charge in [0.25, 0.3) is 5.91 Å². The van der Waals surface area contributed by atoms with E-state index in [1.54, 1.807) is 6.26 Å². The Labute approximate surface area is 114 Å². The number of nitrogens with one attached hydrogen (secondary N) is 1. The van der Waals surface area contributed by atoms with Crippen LogP contribution in [0, 0.1) is 6.92 Å². The molecule has 0 bridgehead atoms. The summed E-state index contributed by atoms with van der Waals surface area (Å²) in [6.45, 7) is 3.85. The van der Waals surface area contributed by atoms with Crippen molar-refractivity contribution >= 4 is 5.91 Å². The van der Waals surface area contributed by atoms with E-state index >= 15 is 0 Å². The maximum Gasteiger partial charge on any atom is 0.257 e. The van der Waals surface area contributed by atoms with Gasteiger partial charge in [-0.15, -0.1) is 0 Å². The van der Waals surface area contributed by atoms with Crippen molar-refractivity contribution in [3.63, 3.8) is 0 Å². The van der Waals surface area contributed by atoms with Gasteiger partial charge in [-0.3, -0.25) is 4.79 Å². The third-order valence-corrected chi connectivity index (χ3v) is 4.35. The number of carbonyl (C=O) groups excluding carboxylic acids is 1. The van der Waals surface area contributed by atoms with Gasteiger partial charge in [0.2, 0.25) is 0 Å². The zero-order valence-corrected chi connectivity index (χ0v) is 11.5. The number of likely N-dealkylation sites (tertiary alicyclic amines) is 1. The summed E-state index contributed by atoms with van der Waals surface area (Å²) in [6.07, 6.45) is 7.49. The fourth-order valence-electron chi connectivity index (χ4n) is 3.39. The quantitative estimate of drug-likeness (QED) is 0.889. The highest BCUT2D eigenvalue weighted by Gasteiger charge is 2.34. The van der Waals surface area contributed by atoms with Crippen molar-refractivity contribution in [1.82, 2.24) is 10.2 Å². The summed E-state index contributed by atoms with van der Waals surface area (Å²) in [5.74, 6) is 0.936. The Hall–Kier alpha value is -1.29. The predicted octanol–water partition coefficient (Wildman–Crippen LogP) is 2.33. The lowest BCUT2D eigenvalue weighted by Gasteiger charge is -2.39. The fourth-order valence-corrected chi connectivity index (χ4v) is 3.39. The van der Waals surface area contributed by atoms with E-state index in [0.29, 0.717) is 17.6 Å². The molecule has 0 aliphatic carbocycles. The minimum Gasteiger partial charge on any atom is -0.469 e. The summed E-state index contributed by atoms with van der Waals surface area (Å²) in [6, 6.07) is 2.69. The molecule has 104 valence electrons. The van der Waals surface area contributed by atoms with Crippen LogP contribution in [0.4, 0.5) is 0 Å².